The van der Waals surface area contributed by atoms with E-state index in [1.165, 1.54) is 0 Å². The van der Waals surface area contributed by atoms with Crippen LogP contribution in [0.5, 0.6) is 0 Å². The maximum Gasteiger partial charge on any atom is 0.322 e. The normalized spacial score (nSPS) is 12.2. The number of rotatable bonds is 9. The Hall–Kier alpha value is -2.83. The molecule has 206 valence electrons. The summed E-state index contributed by atoms with van der Waals surface area (Å²) in [6.07, 6.45) is 1.74. The van der Waals surface area contributed by atoms with Crippen LogP contribution >= 0.6 is 0 Å². The number of aromatic nitrogens is 2. The average Bonchev–Trinajstić information content (AvgIpc) is 3.21. The van der Waals surface area contributed by atoms with Gasteiger partial charge in [0.05, 0.1) is 11.2 Å². The number of benzene rings is 1. The number of amides is 3. The fourth-order valence-corrected chi connectivity index (χ4v) is 4.19. The van der Waals surface area contributed by atoms with Crippen LogP contribution in [0.2, 0.25) is 0 Å². The van der Waals surface area contributed by atoms with Gasteiger partial charge in [0.1, 0.15) is 12.4 Å². The molecule has 2 aromatic rings. The molecule has 1 aromatic heterocycles. The van der Waals surface area contributed by atoms with Gasteiger partial charge in [-0.3, -0.25) is 4.79 Å². The Balaban J connectivity index is 2.31. The van der Waals surface area contributed by atoms with Crippen molar-refractivity contribution in [3.05, 3.63) is 41.1 Å². The van der Waals surface area contributed by atoms with Gasteiger partial charge < -0.3 is 15.5 Å². The second-order valence-corrected chi connectivity index (χ2v) is 12.6. The lowest BCUT2D eigenvalue weighted by Gasteiger charge is -2.26. The number of carbonyl (C=O) groups is 2. The number of para-hydroxylation sites is 1. The Kier molecular flexibility index (Phi) is 9.97. The summed E-state index contributed by atoms with van der Waals surface area (Å²) in [6, 6.07) is 7.87. The first-order valence-electron chi connectivity index (χ1n) is 13.7. The van der Waals surface area contributed by atoms with Crippen LogP contribution in [0.25, 0.3) is 0 Å². The van der Waals surface area contributed by atoms with E-state index < -0.39 is 0 Å². The highest BCUT2D eigenvalue weighted by molar-refractivity contribution is 5.97. The van der Waals surface area contributed by atoms with E-state index in [1.54, 1.807) is 4.90 Å². The SMILES string of the molecule is CCCCN(CC(=O)Nc1cc(C(C)(C)C)nn1C(C)(C)C)C(=O)Nc1c(C(C)C)cccc1C(C)C. The van der Waals surface area contributed by atoms with Gasteiger partial charge in [-0.05, 0) is 50.2 Å². The molecule has 0 atom stereocenters. The van der Waals surface area contributed by atoms with E-state index in [-0.39, 0.29) is 41.3 Å². The van der Waals surface area contributed by atoms with Gasteiger partial charge in [-0.25, -0.2) is 9.48 Å². The molecule has 37 heavy (non-hydrogen) atoms. The van der Waals surface area contributed by atoms with Crippen molar-refractivity contribution in [2.24, 2.45) is 0 Å². The summed E-state index contributed by atoms with van der Waals surface area (Å²) in [7, 11) is 0. The van der Waals surface area contributed by atoms with Crippen molar-refractivity contribution < 1.29 is 9.59 Å². The molecule has 0 saturated heterocycles. The third-order valence-electron chi connectivity index (χ3n) is 6.39. The first-order valence-corrected chi connectivity index (χ1v) is 13.7. The molecule has 2 N–H and O–H groups in total. The smallest absolute Gasteiger partial charge is 0.315 e. The summed E-state index contributed by atoms with van der Waals surface area (Å²) in [5.41, 5.74) is 3.51. The van der Waals surface area contributed by atoms with E-state index in [9.17, 15) is 9.59 Å². The van der Waals surface area contributed by atoms with Crippen molar-refractivity contribution in [1.29, 1.82) is 0 Å². The summed E-state index contributed by atoms with van der Waals surface area (Å²) in [5, 5.41) is 11.0. The molecule has 0 unspecified atom stereocenters. The monoisotopic (exact) mass is 511 g/mol. The number of anilines is 2. The van der Waals surface area contributed by atoms with E-state index in [2.05, 4.69) is 98.9 Å². The van der Waals surface area contributed by atoms with Crippen LogP contribution in [0, 0.1) is 0 Å². The maximum absolute atomic E-state index is 13.5. The Bertz CT molecular complexity index is 1040. The number of hydrogen-bond donors (Lipinski definition) is 2. The fourth-order valence-electron chi connectivity index (χ4n) is 4.19. The highest BCUT2D eigenvalue weighted by Crippen LogP contribution is 2.33. The molecule has 7 nitrogen and oxygen atoms in total. The second kappa shape index (κ2) is 12.1. The van der Waals surface area contributed by atoms with Crippen molar-refractivity contribution in [3.8, 4) is 0 Å². The summed E-state index contributed by atoms with van der Waals surface area (Å²) in [5.74, 6) is 0.927. The lowest BCUT2D eigenvalue weighted by molar-refractivity contribution is -0.116. The topological polar surface area (TPSA) is 79.3 Å². The van der Waals surface area contributed by atoms with E-state index in [0.717, 1.165) is 35.3 Å². The van der Waals surface area contributed by atoms with Gasteiger partial charge in [0.25, 0.3) is 0 Å². The van der Waals surface area contributed by atoms with Gasteiger partial charge in [0, 0.05) is 23.7 Å². The maximum atomic E-state index is 13.5. The molecule has 3 amide bonds. The van der Waals surface area contributed by atoms with Crippen molar-refractivity contribution >= 4 is 23.4 Å². The molecule has 0 aliphatic rings. The van der Waals surface area contributed by atoms with Crippen LogP contribution in [0.15, 0.2) is 24.3 Å². The molecule has 0 aliphatic heterocycles. The zero-order valence-corrected chi connectivity index (χ0v) is 25.0. The number of carbonyl (C=O) groups excluding carboxylic acids is 2. The Morgan fingerprint density at radius 3 is 2.00 bits per heavy atom. The lowest BCUT2D eigenvalue weighted by Crippen LogP contribution is -2.42. The van der Waals surface area contributed by atoms with Gasteiger partial charge in [-0.15, -0.1) is 0 Å². The third-order valence-corrected chi connectivity index (χ3v) is 6.39. The lowest BCUT2D eigenvalue weighted by atomic mass is 9.92. The first kappa shape index (κ1) is 30.4. The summed E-state index contributed by atoms with van der Waals surface area (Å²) < 4.78 is 1.86. The number of hydrogen-bond acceptors (Lipinski definition) is 3. The van der Waals surface area contributed by atoms with Crippen LogP contribution in [0.4, 0.5) is 16.3 Å². The Labute approximate surface area is 224 Å². The average molecular weight is 512 g/mol. The zero-order valence-electron chi connectivity index (χ0n) is 25.0. The number of nitrogens with one attached hydrogen (secondary N) is 2. The predicted molar refractivity (Wildman–Crippen MR) is 155 cm³/mol. The number of unbranched alkanes of at least 4 members (excludes halogenated alkanes) is 1. The minimum absolute atomic E-state index is 0.0349. The van der Waals surface area contributed by atoms with Crippen molar-refractivity contribution in [3.63, 3.8) is 0 Å². The highest BCUT2D eigenvalue weighted by atomic mass is 16.2. The predicted octanol–water partition coefficient (Wildman–Crippen LogP) is 7.46. The summed E-state index contributed by atoms with van der Waals surface area (Å²) in [4.78, 5) is 28.4. The Morgan fingerprint density at radius 1 is 0.973 bits per heavy atom. The molecule has 0 bridgehead atoms. The molecule has 0 saturated carbocycles. The van der Waals surface area contributed by atoms with Crippen molar-refractivity contribution in [1.82, 2.24) is 14.7 Å². The van der Waals surface area contributed by atoms with Crippen molar-refractivity contribution in [2.45, 2.75) is 112 Å². The minimum atomic E-state index is -0.306. The first-order chi connectivity index (χ1) is 17.1. The molecular formula is C30H49N5O2. The Morgan fingerprint density at radius 2 is 1.54 bits per heavy atom. The number of nitrogens with zero attached hydrogens (tertiary/aromatic N) is 3. The molecule has 0 aliphatic carbocycles. The van der Waals surface area contributed by atoms with E-state index >= 15 is 0 Å². The van der Waals surface area contributed by atoms with Gasteiger partial charge in [-0.1, -0.05) is 80.0 Å². The van der Waals surface area contributed by atoms with Crippen LogP contribution in [0.3, 0.4) is 0 Å². The van der Waals surface area contributed by atoms with E-state index in [1.807, 2.05) is 16.8 Å². The quantitative estimate of drug-likeness (QED) is 0.367. The van der Waals surface area contributed by atoms with Crippen LogP contribution in [-0.2, 0) is 15.7 Å². The summed E-state index contributed by atoms with van der Waals surface area (Å²) in [6.45, 7) is 23.5. The van der Waals surface area contributed by atoms with Gasteiger partial charge in [-0.2, -0.15) is 5.10 Å². The van der Waals surface area contributed by atoms with Gasteiger partial charge >= 0.3 is 6.03 Å². The fraction of sp³-hybridized carbons (Fsp3) is 0.633. The highest BCUT2D eigenvalue weighted by Gasteiger charge is 2.27. The molecule has 1 aromatic carbocycles. The standard InChI is InChI=1S/C30H49N5O2/c1-12-13-17-34(28(37)32-27-22(20(2)3)15-14-16-23(27)21(4)5)19-26(36)31-25-18-24(29(6,7)8)33-35(25)30(9,10)11/h14-16,18,20-21H,12-13,17,19H2,1-11H3,(H,31,36)(H,32,37). The molecule has 0 radical (unpaired) electrons. The molecule has 1 heterocycles. The molecule has 0 fully saturated rings. The largest absolute Gasteiger partial charge is 0.322 e. The molecule has 2 rings (SSSR count). The second-order valence-electron chi connectivity index (χ2n) is 12.6. The molecule has 0 spiro atoms. The zero-order chi connectivity index (χ0) is 28.1. The molecule has 7 heteroatoms. The van der Waals surface area contributed by atoms with Gasteiger partial charge in [0.2, 0.25) is 5.91 Å². The van der Waals surface area contributed by atoms with E-state index in [0.29, 0.717) is 12.4 Å². The van der Waals surface area contributed by atoms with Gasteiger partial charge in [0.15, 0.2) is 0 Å². The number of urea groups is 1. The van der Waals surface area contributed by atoms with Crippen LogP contribution in [-0.4, -0.2) is 39.7 Å². The summed E-state index contributed by atoms with van der Waals surface area (Å²) >= 11 is 0. The molecular weight excluding hydrogens is 462 g/mol. The third kappa shape index (κ3) is 8.08. The van der Waals surface area contributed by atoms with Crippen molar-refractivity contribution in [2.75, 3.05) is 23.7 Å². The van der Waals surface area contributed by atoms with Crippen LogP contribution < -0.4 is 10.6 Å². The van der Waals surface area contributed by atoms with E-state index in [4.69, 9.17) is 5.10 Å². The minimum Gasteiger partial charge on any atom is -0.315 e. The van der Waals surface area contributed by atoms with Crippen LogP contribution in [0.1, 0.15) is 118 Å².